The second-order valence-corrected chi connectivity index (χ2v) is 5.11. The van der Waals surface area contributed by atoms with E-state index < -0.39 is 5.97 Å². The lowest BCUT2D eigenvalue weighted by Gasteiger charge is -2.40. The van der Waals surface area contributed by atoms with E-state index in [9.17, 15) is 4.79 Å². The maximum Gasteiger partial charge on any atom is 0.305 e. The van der Waals surface area contributed by atoms with Crippen molar-refractivity contribution in [1.82, 2.24) is 5.32 Å². The molecule has 0 aromatic carbocycles. The van der Waals surface area contributed by atoms with Crippen LogP contribution in [-0.2, 0) is 4.79 Å². The summed E-state index contributed by atoms with van der Waals surface area (Å²) in [6.45, 7) is 5.15. The van der Waals surface area contributed by atoms with Crippen molar-refractivity contribution in [3.05, 3.63) is 0 Å². The largest absolute Gasteiger partial charge is 0.481 e. The maximum atomic E-state index is 10.9. The van der Waals surface area contributed by atoms with Gasteiger partial charge >= 0.3 is 5.97 Å². The zero-order valence-electron chi connectivity index (χ0n) is 10.6. The molecule has 1 fully saturated rings. The molecule has 1 aliphatic carbocycles. The van der Waals surface area contributed by atoms with E-state index in [1.165, 1.54) is 25.7 Å². The summed E-state index contributed by atoms with van der Waals surface area (Å²) >= 11 is 0. The first kappa shape index (κ1) is 13.5. The molecule has 1 rings (SSSR count). The highest BCUT2D eigenvalue weighted by molar-refractivity contribution is 5.68. The topological polar surface area (TPSA) is 49.3 Å². The molecule has 0 aliphatic heterocycles. The highest BCUT2D eigenvalue weighted by Gasteiger charge is 2.35. The molecule has 0 radical (unpaired) electrons. The molecule has 3 heteroatoms. The standard InChI is InChI=1S/C13H25NO2/c1-3-5-11-6-8-13(9-7-11,14-4-2)10-12(15)16/h11,14H,3-10H2,1-2H3,(H,15,16). The lowest BCUT2D eigenvalue weighted by atomic mass is 9.73. The minimum Gasteiger partial charge on any atom is -0.481 e. The van der Waals surface area contributed by atoms with E-state index in [2.05, 4.69) is 19.2 Å². The molecule has 0 atom stereocenters. The fraction of sp³-hybridized carbons (Fsp3) is 0.923. The van der Waals surface area contributed by atoms with Crippen LogP contribution in [0.1, 0.15) is 58.8 Å². The maximum absolute atomic E-state index is 10.9. The average molecular weight is 227 g/mol. The first-order valence-corrected chi connectivity index (χ1v) is 6.58. The van der Waals surface area contributed by atoms with Crippen LogP contribution in [0.3, 0.4) is 0 Å². The molecule has 3 nitrogen and oxygen atoms in total. The van der Waals surface area contributed by atoms with Gasteiger partial charge in [-0.2, -0.15) is 0 Å². The van der Waals surface area contributed by atoms with Crippen LogP contribution in [0.15, 0.2) is 0 Å². The van der Waals surface area contributed by atoms with E-state index in [0.29, 0.717) is 0 Å². The second kappa shape index (κ2) is 6.24. The molecule has 16 heavy (non-hydrogen) atoms. The zero-order valence-corrected chi connectivity index (χ0v) is 10.6. The van der Waals surface area contributed by atoms with Crippen LogP contribution in [-0.4, -0.2) is 23.2 Å². The van der Waals surface area contributed by atoms with Crippen molar-refractivity contribution in [2.75, 3.05) is 6.54 Å². The molecule has 0 saturated heterocycles. The van der Waals surface area contributed by atoms with Crippen LogP contribution < -0.4 is 5.32 Å². The Morgan fingerprint density at radius 3 is 2.44 bits per heavy atom. The number of aliphatic carboxylic acids is 1. The molecule has 0 aromatic heterocycles. The van der Waals surface area contributed by atoms with Gasteiger partial charge in [0, 0.05) is 5.54 Å². The van der Waals surface area contributed by atoms with Crippen LogP contribution in [0.5, 0.6) is 0 Å². The highest BCUT2D eigenvalue weighted by atomic mass is 16.4. The van der Waals surface area contributed by atoms with Gasteiger partial charge in [-0.15, -0.1) is 0 Å². The van der Waals surface area contributed by atoms with Crippen LogP contribution in [0.4, 0.5) is 0 Å². The van der Waals surface area contributed by atoms with E-state index in [0.717, 1.165) is 25.3 Å². The van der Waals surface area contributed by atoms with Gasteiger partial charge in [0.05, 0.1) is 6.42 Å². The van der Waals surface area contributed by atoms with Crippen molar-refractivity contribution in [2.24, 2.45) is 5.92 Å². The molecule has 0 bridgehead atoms. The molecule has 0 aromatic rings. The quantitative estimate of drug-likeness (QED) is 0.733. The molecule has 0 amide bonds. The molecule has 1 saturated carbocycles. The Morgan fingerprint density at radius 2 is 2.00 bits per heavy atom. The van der Waals surface area contributed by atoms with Crippen molar-refractivity contribution in [3.8, 4) is 0 Å². The Labute approximate surface area is 98.6 Å². The Kier molecular flexibility index (Phi) is 5.26. The van der Waals surface area contributed by atoms with E-state index in [-0.39, 0.29) is 12.0 Å². The van der Waals surface area contributed by atoms with Crippen molar-refractivity contribution in [3.63, 3.8) is 0 Å². The Balaban J connectivity index is 2.51. The number of nitrogens with one attached hydrogen (secondary N) is 1. The fourth-order valence-electron chi connectivity index (χ4n) is 3.01. The van der Waals surface area contributed by atoms with Crippen LogP contribution >= 0.6 is 0 Å². The Morgan fingerprint density at radius 1 is 1.38 bits per heavy atom. The van der Waals surface area contributed by atoms with Gasteiger partial charge < -0.3 is 10.4 Å². The minimum absolute atomic E-state index is 0.120. The van der Waals surface area contributed by atoms with E-state index in [4.69, 9.17) is 5.11 Å². The molecule has 1 aliphatic rings. The van der Waals surface area contributed by atoms with Crippen LogP contribution in [0, 0.1) is 5.92 Å². The highest BCUT2D eigenvalue weighted by Crippen LogP contribution is 2.36. The van der Waals surface area contributed by atoms with Gasteiger partial charge in [-0.1, -0.05) is 26.7 Å². The predicted molar refractivity (Wildman–Crippen MR) is 65.5 cm³/mol. The average Bonchev–Trinajstić information content (AvgIpc) is 2.21. The molecule has 0 heterocycles. The number of rotatable bonds is 6. The fourth-order valence-corrected chi connectivity index (χ4v) is 3.01. The number of hydrogen-bond acceptors (Lipinski definition) is 2. The lowest BCUT2D eigenvalue weighted by molar-refractivity contribution is -0.139. The molecule has 0 spiro atoms. The summed E-state index contributed by atoms with van der Waals surface area (Å²) in [5.41, 5.74) is -0.120. The van der Waals surface area contributed by atoms with Crippen molar-refractivity contribution in [1.29, 1.82) is 0 Å². The normalized spacial score (nSPS) is 30.2. The Hall–Kier alpha value is -0.570. The first-order valence-electron chi connectivity index (χ1n) is 6.58. The van der Waals surface area contributed by atoms with Gasteiger partial charge in [-0.25, -0.2) is 0 Å². The summed E-state index contributed by atoms with van der Waals surface area (Å²) in [6.07, 6.45) is 7.25. The summed E-state index contributed by atoms with van der Waals surface area (Å²) in [5.74, 6) is 0.153. The van der Waals surface area contributed by atoms with Crippen LogP contribution in [0.25, 0.3) is 0 Å². The van der Waals surface area contributed by atoms with Gasteiger partial charge in [-0.3, -0.25) is 4.79 Å². The number of carboxylic acid groups (broad SMARTS) is 1. The third-order valence-electron chi connectivity index (χ3n) is 3.80. The van der Waals surface area contributed by atoms with Gasteiger partial charge in [0.2, 0.25) is 0 Å². The summed E-state index contributed by atoms with van der Waals surface area (Å²) < 4.78 is 0. The summed E-state index contributed by atoms with van der Waals surface area (Å²) in [5, 5.41) is 12.4. The van der Waals surface area contributed by atoms with Crippen molar-refractivity contribution >= 4 is 5.97 Å². The van der Waals surface area contributed by atoms with Gasteiger partial charge in [0.25, 0.3) is 0 Å². The zero-order chi connectivity index (χ0) is 12.0. The van der Waals surface area contributed by atoms with Gasteiger partial charge in [0.1, 0.15) is 0 Å². The summed E-state index contributed by atoms with van der Waals surface area (Å²) in [7, 11) is 0. The molecule has 0 unspecified atom stereocenters. The molecular weight excluding hydrogens is 202 g/mol. The third kappa shape index (κ3) is 3.78. The third-order valence-corrected chi connectivity index (χ3v) is 3.80. The molecule has 94 valence electrons. The molecule has 2 N–H and O–H groups in total. The summed E-state index contributed by atoms with van der Waals surface area (Å²) in [4.78, 5) is 10.9. The second-order valence-electron chi connectivity index (χ2n) is 5.11. The SMILES string of the molecule is CCCC1CCC(CC(=O)O)(NCC)CC1. The van der Waals surface area contributed by atoms with Gasteiger partial charge in [0.15, 0.2) is 0 Å². The minimum atomic E-state index is -0.671. The van der Waals surface area contributed by atoms with E-state index in [1.54, 1.807) is 0 Å². The van der Waals surface area contributed by atoms with E-state index >= 15 is 0 Å². The van der Waals surface area contributed by atoms with Crippen molar-refractivity contribution in [2.45, 2.75) is 64.3 Å². The smallest absolute Gasteiger partial charge is 0.305 e. The van der Waals surface area contributed by atoms with Gasteiger partial charge in [-0.05, 0) is 38.1 Å². The molecular formula is C13H25NO2. The lowest BCUT2D eigenvalue weighted by Crippen LogP contribution is -2.49. The first-order chi connectivity index (χ1) is 7.62. The van der Waals surface area contributed by atoms with Crippen molar-refractivity contribution < 1.29 is 9.90 Å². The number of carboxylic acids is 1. The predicted octanol–water partition coefficient (Wildman–Crippen LogP) is 2.80. The monoisotopic (exact) mass is 227 g/mol. The number of carbonyl (C=O) groups is 1. The number of hydrogen-bond donors (Lipinski definition) is 2. The Bertz CT molecular complexity index is 220. The van der Waals surface area contributed by atoms with Crippen LogP contribution in [0.2, 0.25) is 0 Å². The van der Waals surface area contributed by atoms with E-state index in [1.807, 2.05) is 0 Å². The summed E-state index contributed by atoms with van der Waals surface area (Å²) in [6, 6.07) is 0.